The van der Waals surface area contributed by atoms with Crippen LogP contribution in [0.15, 0.2) is 41.2 Å². The number of amides is 1. The molecule has 2 aromatic rings. The molecule has 0 unspecified atom stereocenters. The summed E-state index contributed by atoms with van der Waals surface area (Å²) in [7, 11) is 0. The zero-order valence-corrected chi connectivity index (χ0v) is 9.07. The largest absolute Gasteiger partial charge is 0.364 e. The molecule has 0 radical (unpaired) electrons. The predicted octanol–water partition coefficient (Wildman–Crippen LogP) is 2.26. The summed E-state index contributed by atoms with van der Waals surface area (Å²) in [5, 5.41) is 6.87. The van der Waals surface area contributed by atoms with Crippen molar-refractivity contribution in [3.8, 4) is 0 Å². The normalized spacial score (nSPS) is 10.1. The summed E-state index contributed by atoms with van der Waals surface area (Å²) in [4.78, 5) is 11.5. The number of carbonyl (C=O) groups is 1. The van der Waals surface area contributed by atoms with Gasteiger partial charge in [0.2, 0.25) is 0 Å². The van der Waals surface area contributed by atoms with Crippen LogP contribution in [-0.2, 0) is 6.54 Å². The second kappa shape index (κ2) is 4.81. The fourth-order valence-electron chi connectivity index (χ4n) is 1.20. The molecular formula is C11H9ClN2O2. The van der Waals surface area contributed by atoms with E-state index >= 15 is 0 Å². The molecule has 0 aliphatic carbocycles. The lowest BCUT2D eigenvalue weighted by atomic mass is 10.2. The standard InChI is InChI=1S/C11H9ClN2O2/c12-10-3-1-8(2-4-10)5-13-11(15)9-6-14-16-7-9/h1-4,6-7H,5H2,(H,13,15). The molecule has 1 aromatic heterocycles. The third-order valence-corrected chi connectivity index (χ3v) is 2.31. The van der Waals surface area contributed by atoms with Gasteiger partial charge in [-0.25, -0.2) is 0 Å². The van der Waals surface area contributed by atoms with Gasteiger partial charge in [-0.2, -0.15) is 0 Å². The minimum atomic E-state index is -0.212. The fourth-order valence-corrected chi connectivity index (χ4v) is 1.33. The molecule has 1 aromatic carbocycles. The summed E-state index contributed by atoms with van der Waals surface area (Å²) in [6.45, 7) is 0.446. The molecule has 0 saturated carbocycles. The van der Waals surface area contributed by atoms with Gasteiger partial charge < -0.3 is 9.84 Å². The van der Waals surface area contributed by atoms with Gasteiger partial charge in [0.25, 0.3) is 5.91 Å². The highest BCUT2D eigenvalue weighted by molar-refractivity contribution is 6.30. The second-order valence-corrected chi connectivity index (χ2v) is 3.66. The SMILES string of the molecule is O=C(NCc1ccc(Cl)cc1)c1cnoc1. The maximum Gasteiger partial charge on any atom is 0.256 e. The molecule has 1 amide bonds. The van der Waals surface area contributed by atoms with Crippen molar-refractivity contribution in [2.24, 2.45) is 0 Å². The monoisotopic (exact) mass is 236 g/mol. The van der Waals surface area contributed by atoms with Gasteiger partial charge in [0, 0.05) is 11.6 Å². The lowest BCUT2D eigenvalue weighted by Crippen LogP contribution is -2.22. The zero-order chi connectivity index (χ0) is 11.4. The number of hydrogen-bond donors (Lipinski definition) is 1. The Balaban J connectivity index is 1.93. The van der Waals surface area contributed by atoms with E-state index in [9.17, 15) is 4.79 Å². The highest BCUT2D eigenvalue weighted by Crippen LogP contribution is 2.09. The molecule has 5 heteroatoms. The molecule has 1 N–H and O–H groups in total. The van der Waals surface area contributed by atoms with Crippen molar-refractivity contribution in [1.29, 1.82) is 0 Å². The molecule has 0 fully saturated rings. The van der Waals surface area contributed by atoms with Crippen LogP contribution in [0.1, 0.15) is 15.9 Å². The van der Waals surface area contributed by atoms with E-state index < -0.39 is 0 Å². The number of nitrogens with one attached hydrogen (secondary N) is 1. The first kappa shape index (κ1) is 10.7. The Hall–Kier alpha value is -1.81. The molecule has 2 rings (SSSR count). The van der Waals surface area contributed by atoms with Gasteiger partial charge >= 0.3 is 0 Å². The van der Waals surface area contributed by atoms with Crippen LogP contribution in [0, 0.1) is 0 Å². The molecule has 0 atom stereocenters. The third kappa shape index (κ3) is 2.61. The van der Waals surface area contributed by atoms with Crippen molar-refractivity contribution in [3.63, 3.8) is 0 Å². The molecule has 0 bridgehead atoms. The van der Waals surface area contributed by atoms with Crippen molar-refractivity contribution >= 4 is 17.5 Å². The van der Waals surface area contributed by atoms with Gasteiger partial charge in [0.05, 0.1) is 11.8 Å². The summed E-state index contributed by atoms with van der Waals surface area (Å²) < 4.78 is 4.58. The van der Waals surface area contributed by atoms with Crippen LogP contribution in [0.25, 0.3) is 0 Å². The molecule has 16 heavy (non-hydrogen) atoms. The minimum absolute atomic E-state index is 0.212. The van der Waals surface area contributed by atoms with Crippen LogP contribution in [0.3, 0.4) is 0 Å². The summed E-state index contributed by atoms with van der Waals surface area (Å²) in [5.74, 6) is -0.212. The van der Waals surface area contributed by atoms with Crippen LogP contribution < -0.4 is 5.32 Å². The van der Waals surface area contributed by atoms with E-state index in [4.69, 9.17) is 11.6 Å². The van der Waals surface area contributed by atoms with E-state index in [1.807, 2.05) is 12.1 Å². The van der Waals surface area contributed by atoms with Gasteiger partial charge in [-0.05, 0) is 17.7 Å². The lowest BCUT2D eigenvalue weighted by molar-refractivity contribution is 0.0950. The zero-order valence-electron chi connectivity index (χ0n) is 8.31. The Labute approximate surface area is 97.2 Å². The van der Waals surface area contributed by atoms with Crippen LogP contribution >= 0.6 is 11.6 Å². The van der Waals surface area contributed by atoms with E-state index in [1.54, 1.807) is 12.1 Å². The number of benzene rings is 1. The molecule has 1 heterocycles. The average molecular weight is 237 g/mol. The topological polar surface area (TPSA) is 55.1 Å². The number of nitrogens with zero attached hydrogens (tertiary/aromatic N) is 1. The predicted molar refractivity (Wildman–Crippen MR) is 59.1 cm³/mol. The maximum absolute atomic E-state index is 11.5. The Bertz CT molecular complexity index is 465. The fraction of sp³-hybridized carbons (Fsp3) is 0.0909. The Morgan fingerprint density at radius 3 is 2.75 bits per heavy atom. The summed E-state index contributed by atoms with van der Waals surface area (Å²) in [5.41, 5.74) is 1.39. The molecular weight excluding hydrogens is 228 g/mol. The van der Waals surface area contributed by atoms with Gasteiger partial charge in [-0.15, -0.1) is 0 Å². The van der Waals surface area contributed by atoms with Crippen molar-refractivity contribution in [2.75, 3.05) is 0 Å². The first-order chi connectivity index (χ1) is 7.75. The van der Waals surface area contributed by atoms with Crippen molar-refractivity contribution < 1.29 is 9.32 Å². The van der Waals surface area contributed by atoms with Crippen LogP contribution in [0.5, 0.6) is 0 Å². The number of aromatic nitrogens is 1. The van der Waals surface area contributed by atoms with E-state index in [2.05, 4.69) is 15.0 Å². The van der Waals surface area contributed by atoms with Gasteiger partial charge in [0.15, 0.2) is 0 Å². The number of rotatable bonds is 3. The average Bonchev–Trinajstić information content (AvgIpc) is 2.81. The minimum Gasteiger partial charge on any atom is -0.364 e. The first-order valence-corrected chi connectivity index (χ1v) is 5.05. The second-order valence-electron chi connectivity index (χ2n) is 3.22. The Morgan fingerprint density at radius 2 is 2.12 bits per heavy atom. The number of hydrogen-bond acceptors (Lipinski definition) is 3. The van der Waals surface area contributed by atoms with Gasteiger partial charge in [-0.1, -0.05) is 28.9 Å². The van der Waals surface area contributed by atoms with Crippen molar-refractivity contribution in [2.45, 2.75) is 6.54 Å². The maximum atomic E-state index is 11.5. The van der Waals surface area contributed by atoms with Crippen molar-refractivity contribution in [1.82, 2.24) is 10.5 Å². The first-order valence-electron chi connectivity index (χ1n) is 4.68. The van der Waals surface area contributed by atoms with Crippen LogP contribution in [-0.4, -0.2) is 11.1 Å². The highest BCUT2D eigenvalue weighted by Gasteiger charge is 2.06. The quantitative estimate of drug-likeness (QED) is 0.889. The lowest BCUT2D eigenvalue weighted by Gasteiger charge is -2.03. The molecule has 0 aliphatic rings. The number of halogens is 1. The molecule has 0 aliphatic heterocycles. The van der Waals surface area contributed by atoms with Crippen LogP contribution in [0.4, 0.5) is 0 Å². The van der Waals surface area contributed by atoms with E-state index in [-0.39, 0.29) is 5.91 Å². The molecule has 0 saturated heterocycles. The third-order valence-electron chi connectivity index (χ3n) is 2.06. The molecule has 0 spiro atoms. The molecule has 82 valence electrons. The summed E-state index contributed by atoms with van der Waals surface area (Å²) in [6.07, 6.45) is 2.67. The number of carbonyl (C=O) groups excluding carboxylic acids is 1. The van der Waals surface area contributed by atoms with Crippen LogP contribution in [0.2, 0.25) is 5.02 Å². The van der Waals surface area contributed by atoms with E-state index in [1.165, 1.54) is 12.5 Å². The Morgan fingerprint density at radius 1 is 1.38 bits per heavy atom. The van der Waals surface area contributed by atoms with Crippen molar-refractivity contribution in [3.05, 3.63) is 52.9 Å². The highest BCUT2D eigenvalue weighted by atomic mass is 35.5. The van der Waals surface area contributed by atoms with Gasteiger partial charge in [0.1, 0.15) is 6.26 Å². The Kier molecular flexibility index (Phi) is 3.22. The van der Waals surface area contributed by atoms with Gasteiger partial charge in [-0.3, -0.25) is 4.79 Å². The van der Waals surface area contributed by atoms with E-state index in [0.717, 1.165) is 5.56 Å². The summed E-state index contributed by atoms with van der Waals surface area (Å²) in [6, 6.07) is 7.28. The smallest absolute Gasteiger partial charge is 0.256 e. The molecule has 4 nitrogen and oxygen atoms in total. The van der Waals surface area contributed by atoms with E-state index in [0.29, 0.717) is 17.1 Å². The summed E-state index contributed by atoms with van der Waals surface area (Å²) >= 11 is 5.75.